The minimum absolute atomic E-state index is 0.0723. The quantitative estimate of drug-likeness (QED) is 0.631. The maximum absolute atomic E-state index is 9.93. The molecule has 0 unspecified atom stereocenters. The molecule has 2 heteroatoms. The molecule has 2 nitrogen and oxygen atoms in total. The summed E-state index contributed by atoms with van der Waals surface area (Å²) < 4.78 is 0. The second kappa shape index (κ2) is 5.57. The van der Waals surface area contributed by atoms with E-state index in [0.717, 1.165) is 5.69 Å². The molecule has 0 aromatic heterocycles. The van der Waals surface area contributed by atoms with Crippen LogP contribution < -0.4 is 5.32 Å². The summed E-state index contributed by atoms with van der Waals surface area (Å²) in [6.07, 6.45) is 0. The van der Waals surface area contributed by atoms with E-state index in [-0.39, 0.29) is 16.6 Å². The van der Waals surface area contributed by atoms with Gasteiger partial charge in [0, 0.05) is 12.0 Å². The highest BCUT2D eigenvalue weighted by atomic mass is 16.3. The predicted molar refractivity (Wildman–Crippen MR) is 82.5 cm³/mol. The standard InChI is InChI=1S/C17H25NO/c1-7-10-17(5,6)12-18-14-11-13(16(2,3)4)8-9-15(14)19/h8-9,11,18-19H,12H2,1-6H3. The van der Waals surface area contributed by atoms with Crippen molar-refractivity contribution in [3.8, 4) is 17.6 Å². The first kappa shape index (κ1) is 15.4. The largest absolute Gasteiger partial charge is 0.506 e. The van der Waals surface area contributed by atoms with Crippen LogP contribution in [0.1, 0.15) is 47.1 Å². The van der Waals surface area contributed by atoms with Crippen LogP contribution in [0.15, 0.2) is 18.2 Å². The molecule has 2 N–H and O–H groups in total. The third-order valence-electron chi connectivity index (χ3n) is 3.05. The molecule has 104 valence electrons. The SMILES string of the molecule is CC#CC(C)(C)CNc1cc(C(C)(C)C)ccc1O. The van der Waals surface area contributed by atoms with Crippen LogP contribution in [0.25, 0.3) is 0 Å². The number of hydrogen-bond acceptors (Lipinski definition) is 2. The zero-order chi connectivity index (χ0) is 14.7. The smallest absolute Gasteiger partial charge is 0.138 e. The van der Waals surface area contributed by atoms with E-state index in [4.69, 9.17) is 0 Å². The van der Waals surface area contributed by atoms with Gasteiger partial charge in [0.2, 0.25) is 0 Å². The minimum atomic E-state index is -0.112. The third-order valence-corrected chi connectivity index (χ3v) is 3.05. The summed E-state index contributed by atoms with van der Waals surface area (Å²) in [6.45, 7) is 13.2. The Balaban J connectivity index is 2.92. The first-order valence-electron chi connectivity index (χ1n) is 6.67. The molecule has 0 aliphatic carbocycles. The minimum Gasteiger partial charge on any atom is -0.506 e. The van der Waals surface area contributed by atoms with Gasteiger partial charge in [0.05, 0.1) is 5.69 Å². The van der Waals surface area contributed by atoms with Crippen molar-refractivity contribution in [1.29, 1.82) is 0 Å². The molecule has 0 saturated heterocycles. The van der Waals surface area contributed by atoms with Gasteiger partial charge in [0.1, 0.15) is 5.75 Å². The molecule has 0 spiro atoms. The number of anilines is 1. The topological polar surface area (TPSA) is 32.3 Å². The summed E-state index contributed by atoms with van der Waals surface area (Å²) >= 11 is 0. The highest BCUT2D eigenvalue weighted by molar-refractivity contribution is 5.58. The van der Waals surface area contributed by atoms with Crippen LogP contribution in [0.2, 0.25) is 0 Å². The van der Waals surface area contributed by atoms with Crippen LogP contribution in [0.4, 0.5) is 5.69 Å². The van der Waals surface area contributed by atoms with Crippen molar-refractivity contribution in [3.63, 3.8) is 0 Å². The first-order valence-corrected chi connectivity index (χ1v) is 6.67. The Morgan fingerprint density at radius 3 is 2.32 bits per heavy atom. The molecule has 0 atom stereocenters. The molecule has 1 aromatic carbocycles. The fourth-order valence-corrected chi connectivity index (χ4v) is 1.84. The molecular weight excluding hydrogens is 234 g/mol. The zero-order valence-electron chi connectivity index (χ0n) is 12.9. The van der Waals surface area contributed by atoms with Crippen molar-refractivity contribution in [3.05, 3.63) is 23.8 Å². The second-order valence-corrected chi connectivity index (χ2v) is 6.59. The van der Waals surface area contributed by atoms with Gasteiger partial charge >= 0.3 is 0 Å². The molecule has 19 heavy (non-hydrogen) atoms. The number of aromatic hydroxyl groups is 1. The number of nitrogens with one attached hydrogen (secondary N) is 1. The molecule has 0 amide bonds. The van der Waals surface area contributed by atoms with Crippen molar-refractivity contribution >= 4 is 5.69 Å². The second-order valence-electron chi connectivity index (χ2n) is 6.59. The van der Waals surface area contributed by atoms with E-state index in [1.54, 1.807) is 6.07 Å². The molecule has 0 bridgehead atoms. The van der Waals surface area contributed by atoms with Crippen LogP contribution in [-0.4, -0.2) is 11.7 Å². The van der Waals surface area contributed by atoms with Gasteiger partial charge in [0.15, 0.2) is 0 Å². The van der Waals surface area contributed by atoms with Gasteiger partial charge in [0.25, 0.3) is 0 Å². The van der Waals surface area contributed by atoms with Crippen molar-refractivity contribution in [2.75, 3.05) is 11.9 Å². The Labute approximate surface area is 117 Å². The summed E-state index contributed by atoms with van der Waals surface area (Å²) in [5.41, 5.74) is 1.94. The number of benzene rings is 1. The van der Waals surface area contributed by atoms with Crippen molar-refractivity contribution in [1.82, 2.24) is 0 Å². The average Bonchev–Trinajstić information content (AvgIpc) is 2.26. The van der Waals surface area contributed by atoms with E-state index in [1.807, 2.05) is 19.1 Å². The van der Waals surface area contributed by atoms with Gasteiger partial charge in [-0.3, -0.25) is 0 Å². The Morgan fingerprint density at radius 2 is 1.79 bits per heavy atom. The lowest BCUT2D eigenvalue weighted by Gasteiger charge is -2.23. The maximum Gasteiger partial charge on any atom is 0.138 e. The van der Waals surface area contributed by atoms with Crippen LogP contribution >= 0.6 is 0 Å². The molecule has 0 fully saturated rings. The fourth-order valence-electron chi connectivity index (χ4n) is 1.84. The van der Waals surface area contributed by atoms with Crippen LogP contribution in [-0.2, 0) is 5.41 Å². The van der Waals surface area contributed by atoms with E-state index >= 15 is 0 Å². The summed E-state index contributed by atoms with van der Waals surface area (Å²) in [4.78, 5) is 0. The number of phenolic OH excluding ortho intramolecular Hbond substituents is 1. The molecule has 1 rings (SSSR count). The molecule has 1 aromatic rings. The van der Waals surface area contributed by atoms with E-state index in [2.05, 4.69) is 51.8 Å². The Bertz CT molecular complexity index is 498. The van der Waals surface area contributed by atoms with Crippen LogP contribution in [0, 0.1) is 17.3 Å². The van der Waals surface area contributed by atoms with Crippen molar-refractivity contribution in [2.24, 2.45) is 5.41 Å². The molecule has 0 saturated carbocycles. The Kier molecular flexibility index (Phi) is 4.52. The lowest BCUT2D eigenvalue weighted by Crippen LogP contribution is -2.21. The van der Waals surface area contributed by atoms with Crippen LogP contribution in [0.5, 0.6) is 5.75 Å². The normalized spacial score (nSPS) is 11.7. The van der Waals surface area contributed by atoms with Crippen molar-refractivity contribution in [2.45, 2.75) is 47.0 Å². The molecule has 0 aliphatic rings. The third kappa shape index (κ3) is 4.52. The average molecular weight is 259 g/mol. The number of hydrogen-bond donors (Lipinski definition) is 2. The van der Waals surface area contributed by atoms with Crippen LogP contribution in [0.3, 0.4) is 0 Å². The highest BCUT2D eigenvalue weighted by Gasteiger charge is 2.18. The van der Waals surface area contributed by atoms with Gasteiger partial charge in [-0.05, 0) is 43.9 Å². The summed E-state index contributed by atoms with van der Waals surface area (Å²) in [5, 5.41) is 13.2. The van der Waals surface area contributed by atoms with Gasteiger partial charge in [-0.1, -0.05) is 32.8 Å². The highest BCUT2D eigenvalue weighted by Crippen LogP contribution is 2.31. The van der Waals surface area contributed by atoms with Gasteiger partial charge in [-0.15, -0.1) is 5.92 Å². The van der Waals surface area contributed by atoms with Gasteiger partial charge in [-0.2, -0.15) is 0 Å². The van der Waals surface area contributed by atoms with Gasteiger partial charge < -0.3 is 10.4 Å². The summed E-state index contributed by atoms with van der Waals surface area (Å²) in [5.74, 6) is 6.39. The Morgan fingerprint density at radius 1 is 1.16 bits per heavy atom. The molecule has 0 aliphatic heterocycles. The monoisotopic (exact) mass is 259 g/mol. The predicted octanol–water partition coefficient (Wildman–Crippen LogP) is 4.15. The van der Waals surface area contributed by atoms with Crippen molar-refractivity contribution < 1.29 is 5.11 Å². The number of phenols is 1. The fraction of sp³-hybridized carbons (Fsp3) is 0.529. The lowest BCUT2D eigenvalue weighted by atomic mass is 9.86. The molecule has 0 heterocycles. The first-order chi connectivity index (χ1) is 8.65. The zero-order valence-corrected chi connectivity index (χ0v) is 12.9. The van der Waals surface area contributed by atoms with E-state index in [1.165, 1.54) is 5.56 Å². The molecule has 0 radical (unpaired) electrons. The number of rotatable bonds is 3. The summed E-state index contributed by atoms with van der Waals surface area (Å²) in [7, 11) is 0. The van der Waals surface area contributed by atoms with Gasteiger partial charge in [-0.25, -0.2) is 0 Å². The maximum atomic E-state index is 9.93. The summed E-state index contributed by atoms with van der Waals surface area (Å²) in [6, 6.07) is 5.74. The Hall–Kier alpha value is -1.62. The van der Waals surface area contributed by atoms with E-state index < -0.39 is 0 Å². The lowest BCUT2D eigenvalue weighted by molar-refractivity contribution is 0.473. The molecular formula is C17H25NO. The van der Waals surface area contributed by atoms with E-state index in [0.29, 0.717) is 6.54 Å². The van der Waals surface area contributed by atoms with E-state index in [9.17, 15) is 5.11 Å².